The Morgan fingerprint density at radius 3 is 2.86 bits per heavy atom. The lowest BCUT2D eigenvalue weighted by Crippen LogP contribution is -2.35. The number of nitrogens with zero attached hydrogens (tertiary/aromatic N) is 1. The van der Waals surface area contributed by atoms with Crippen LogP contribution in [0.2, 0.25) is 0 Å². The fourth-order valence-electron chi connectivity index (χ4n) is 2.50. The summed E-state index contributed by atoms with van der Waals surface area (Å²) in [6, 6.07) is 8.76. The number of amides is 1. The van der Waals surface area contributed by atoms with Crippen LogP contribution in [0.3, 0.4) is 0 Å². The van der Waals surface area contributed by atoms with Crippen LogP contribution in [0.15, 0.2) is 35.7 Å². The molecular formula is C16H15NO3S. The monoisotopic (exact) mass is 301 g/mol. The topological polar surface area (TPSA) is 46.6 Å². The van der Waals surface area contributed by atoms with Gasteiger partial charge < -0.3 is 9.64 Å². The van der Waals surface area contributed by atoms with Crippen molar-refractivity contribution in [2.24, 2.45) is 0 Å². The highest BCUT2D eigenvalue weighted by molar-refractivity contribution is 7.10. The van der Waals surface area contributed by atoms with Crippen LogP contribution >= 0.6 is 11.3 Å². The normalized spacial score (nSPS) is 13.7. The highest BCUT2D eigenvalue weighted by atomic mass is 32.1. The fourth-order valence-corrected chi connectivity index (χ4v) is 3.39. The van der Waals surface area contributed by atoms with E-state index in [-0.39, 0.29) is 5.91 Å². The molecule has 0 spiro atoms. The maximum Gasteiger partial charge on any atom is 0.337 e. The first-order valence-corrected chi connectivity index (χ1v) is 7.60. The zero-order chi connectivity index (χ0) is 14.8. The number of ether oxygens (including phenoxy) is 1. The van der Waals surface area contributed by atoms with Gasteiger partial charge in [-0.2, -0.15) is 0 Å². The zero-order valence-corrected chi connectivity index (χ0v) is 12.5. The molecule has 1 aliphatic rings. The van der Waals surface area contributed by atoms with Crippen LogP contribution in [0, 0.1) is 0 Å². The predicted molar refractivity (Wildman–Crippen MR) is 80.5 cm³/mol. The minimum Gasteiger partial charge on any atom is -0.465 e. The molecule has 5 heteroatoms. The summed E-state index contributed by atoms with van der Waals surface area (Å²) < 4.78 is 4.69. The molecule has 0 bridgehead atoms. The van der Waals surface area contributed by atoms with Gasteiger partial charge in [0.15, 0.2) is 0 Å². The first-order valence-electron chi connectivity index (χ1n) is 6.72. The molecule has 4 nitrogen and oxygen atoms in total. The number of thiophene rings is 1. The number of benzene rings is 1. The van der Waals surface area contributed by atoms with Gasteiger partial charge in [0.1, 0.15) is 0 Å². The fraction of sp³-hybridized carbons (Fsp3) is 0.250. The van der Waals surface area contributed by atoms with Crippen molar-refractivity contribution in [3.05, 3.63) is 57.3 Å². The Morgan fingerprint density at radius 1 is 1.24 bits per heavy atom. The summed E-state index contributed by atoms with van der Waals surface area (Å²) in [5.41, 5.74) is 2.15. The summed E-state index contributed by atoms with van der Waals surface area (Å²) in [7, 11) is 1.33. The Kier molecular flexibility index (Phi) is 3.75. The lowest BCUT2D eigenvalue weighted by Gasteiger charge is -2.27. The Hall–Kier alpha value is -2.14. The van der Waals surface area contributed by atoms with Crippen molar-refractivity contribution in [2.45, 2.75) is 13.0 Å². The molecule has 0 fully saturated rings. The van der Waals surface area contributed by atoms with Crippen LogP contribution in [0.5, 0.6) is 0 Å². The molecule has 0 radical (unpaired) electrons. The van der Waals surface area contributed by atoms with Crippen molar-refractivity contribution in [3.63, 3.8) is 0 Å². The summed E-state index contributed by atoms with van der Waals surface area (Å²) in [6.45, 7) is 1.36. The number of hydrogen-bond donors (Lipinski definition) is 0. The molecule has 0 saturated carbocycles. The second-order valence-corrected chi connectivity index (χ2v) is 5.92. The number of carbonyl (C=O) groups is 2. The standard InChI is InChI=1S/C16H15NO3S/c1-20-16(19)12-4-2-3-11(9-12)15(18)17-7-5-14-13(10-17)6-8-21-14/h2-4,6,8-9H,5,7,10H2,1H3. The Balaban J connectivity index is 1.81. The van der Waals surface area contributed by atoms with E-state index in [9.17, 15) is 9.59 Å². The molecule has 21 heavy (non-hydrogen) atoms. The number of hydrogen-bond acceptors (Lipinski definition) is 4. The van der Waals surface area contributed by atoms with Crippen LogP contribution in [0.4, 0.5) is 0 Å². The van der Waals surface area contributed by atoms with Gasteiger partial charge in [0.25, 0.3) is 5.91 Å². The third kappa shape index (κ3) is 2.69. The first-order chi connectivity index (χ1) is 10.2. The molecule has 1 aromatic heterocycles. The highest BCUT2D eigenvalue weighted by Gasteiger charge is 2.23. The van der Waals surface area contributed by atoms with Gasteiger partial charge in [-0.1, -0.05) is 6.07 Å². The lowest BCUT2D eigenvalue weighted by atomic mass is 10.1. The molecule has 1 amide bonds. The van der Waals surface area contributed by atoms with E-state index in [4.69, 9.17) is 4.74 Å². The van der Waals surface area contributed by atoms with Gasteiger partial charge in [-0.3, -0.25) is 4.79 Å². The van der Waals surface area contributed by atoms with Gasteiger partial charge in [-0.05, 0) is 41.6 Å². The molecule has 3 rings (SSSR count). The van der Waals surface area contributed by atoms with Gasteiger partial charge in [-0.15, -0.1) is 11.3 Å². The van der Waals surface area contributed by atoms with Gasteiger partial charge in [0.2, 0.25) is 0 Å². The minimum absolute atomic E-state index is 0.0439. The summed E-state index contributed by atoms with van der Waals surface area (Å²) >= 11 is 1.75. The number of esters is 1. The van der Waals surface area contributed by atoms with Crippen molar-refractivity contribution < 1.29 is 14.3 Å². The second kappa shape index (κ2) is 5.69. The third-order valence-electron chi connectivity index (χ3n) is 3.63. The molecule has 0 unspecified atom stereocenters. The number of methoxy groups -OCH3 is 1. The molecular weight excluding hydrogens is 286 g/mol. The maximum absolute atomic E-state index is 12.6. The van der Waals surface area contributed by atoms with E-state index in [0.717, 1.165) is 13.0 Å². The van der Waals surface area contributed by atoms with Crippen LogP contribution in [-0.4, -0.2) is 30.4 Å². The van der Waals surface area contributed by atoms with Crippen LogP contribution in [0.25, 0.3) is 0 Å². The largest absolute Gasteiger partial charge is 0.465 e. The van der Waals surface area contributed by atoms with E-state index in [0.29, 0.717) is 17.7 Å². The van der Waals surface area contributed by atoms with Crippen molar-refractivity contribution >= 4 is 23.2 Å². The lowest BCUT2D eigenvalue weighted by molar-refractivity contribution is 0.0600. The number of carbonyl (C=O) groups excluding carboxylic acids is 2. The molecule has 0 saturated heterocycles. The summed E-state index contributed by atoms with van der Waals surface area (Å²) in [5.74, 6) is -0.471. The van der Waals surface area contributed by atoms with Crippen LogP contribution < -0.4 is 0 Å². The molecule has 108 valence electrons. The third-order valence-corrected chi connectivity index (χ3v) is 4.65. The van der Waals surface area contributed by atoms with E-state index >= 15 is 0 Å². The summed E-state index contributed by atoms with van der Waals surface area (Å²) in [4.78, 5) is 27.3. The van der Waals surface area contributed by atoms with E-state index in [1.165, 1.54) is 17.6 Å². The molecule has 0 aliphatic carbocycles. The second-order valence-electron chi connectivity index (χ2n) is 4.92. The van der Waals surface area contributed by atoms with Crippen LogP contribution in [-0.2, 0) is 17.7 Å². The van der Waals surface area contributed by atoms with Crippen molar-refractivity contribution in [1.82, 2.24) is 4.90 Å². The quantitative estimate of drug-likeness (QED) is 0.801. The van der Waals surface area contributed by atoms with E-state index in [1.807, 2.05) is 4.90 Å². The number of rotatable bonds is 2. The molecule has 0 N–H and O–H groups in total. The van der Waals surface area contributed by atoms with E-state index in [2.05, 4.69) is 11.4 Å². The molecule has 1 aliphatic heterocycles. The Morgan fingerprint density at radius 2 is 2.05 bits per heavy atom. The van der Waals surface area contributed by atoms with Crippen molar-refractivity contribution in [3.8, 4) is 0 Å². The zero-order valence-electron chi connectivity index (χ0n) is 11.7. The predicted octanol–water partition coefficient (Wildman–Crippen LogP) is 2.73. The average Bonchev–Trinajstić information content (AvgIpc) is 3.01. The molecule has 1 aromatic carbocycles. The summed E-state index contributed by atoms with van der Waals surface area (Å²) in [6.07, 6.45) is 0.898. The molecule has 0 atom stereocenters. The van der Waals surface area contributed by atoms with Crippen LogP contribution in [0.1, 0.15) is 31.2 Å². The highest BCUT2D eigenvalue weighted by Crippen LogP contribution is 2.25. The SMILES string of the molecule is COC(=O)c1cccc(C(=O)N2CCc3sccc3C2)c1. The van der Waals surface area contributed by atoms with E-state index < -0.39 is 5.97 Å². The molecule has 2 heterocycles. The van der Waals surface area contributed by atoms with Gasteiger partial charge in [-0.25, -0.2) is 4.79 Å². The van der Waals surface area contributed by atoms with Gasteiger partial charge in [0.05, 0.1) is 12.7 Å². The minimum atomic E-state index is -0.427. The Bertz CT molecular complexity index is 692. The maximum atomic E-state index is 12.6. The van der Waals surface area contributed by atoms with E-state index in [1.54, 1.807) is 35.6 Å². The first kappa shape index (κ1) is 13.8. The van der Waals surface area contributed by atoms with Crippen molar-refractivity contribution in [2.75, 3.05) is 13.7 Å². The average molecular weight is 301 g/mol. The van der Waals surface area contributed by atoms with Gasteiger partial charge in [0, 0.05) is 23.5 Å². The number of fused-ring (bicyclic) bond motifs is 1. The van der Waals surface area contributed by atoms with Crippen molar-refractivity contribution in [1.29, 1.82) is 0 Å². The Labute approximate surface area is 127 Å². The summed E-state index contributed by atoms with van der Waals surface area (Å²) in [5, 5.41) is 2.07. The van der Waals surface area contributed by atoms with Gasteiger partial charge >= 0.3 is 5.97 Å². The smallest absolute Gasteiger partial charge is 0.337 e. The molecule has 2 aromatic rings.